The molecule has 0 N–H and O–H groups in total. The van der Waals surface area contributed by atoms with Gasteiger partial charge in [-0.2, -0.15) is 13.2 Å². The molecule has 0 amide bonds. The van der Waals surface area contributed by atoms with Crippen molar-refractivity contribution in [3.05, 3.63) is 35.4 Å². The van der Waals surface area contributed by atoms with E-state index >= 15 is 0 Å². The molecule has 0 spiro atoms. The van der Waals surface area contributed by atoms with E-state index in [-0.39, 0.29) is 16.8 Å². The maximum atomic E-state index is 12.0. The van der Waals surface area contributed by atoms with Crippen LogP contribution in [0.5, 0.6) is 0 Å². The first kappa shape index (κ1) is 44.1. The Kier molecular flexibility index (Phi) is 20.2. The number of unbranched alkanes of at least 4 members (excludes halogenated alkanes) is 1. The van der Waals surface area contributed by atoms with E-state index in [2.05, 4.69) is 77.5 Å². The standard InChI is InChI=1S/C14H28O2.C14H22.C9H15F3O2/c1-6-9-10-12(7-2)11-16-13(15)14(4,5)8-3;1-6-11(2)12-7-9-13(10-8-12)14(3,4)5;1-5-8(3,4)7(13)14-6(2)9(10,11)12/h12H,6-11H2,1-5H3;7-11H,6H2,1-5H3;6H,5H2,1-4H3. The van der Waals surface area contributed by atoms with Gasteiger partial charge >= 0.3 is 18.1 Å². The summed E-state index contributed by atoms with van der Waals surface area (Å²) >= 11 is 0. The van der Waals surface area contributed by atoms with Crippen molar-refractivity contribution in [3.8, 4) is 0 Å². The molecule has 0 aliphatic rings. The average Bonchev–Trinajstić information content (AvgIpc) is 2.96. The smallest absolute Gasteiger partial charge is 0.425 e. The molecule has 44 heavy (non-hydrogen) atoms. The highest BCUT2D eigenvalue weighted by Gasteiger charge is 2.41. The van der Waals surface area contributed by atoms with Crippen LogP contribution in [0.15, 0.2) is 24.3 Å². The predicted octanol–water partition coefficient (Wildman–Crippen LogP) is 11.6. The molecular formula is C37H65F3O4. The number of benzene rings is 1. The lowest BCUT2D eigenvalue weighted by molar-refractivity contribution is -0.221. The Morgan fingerprint density at radius 1 is 0.750 bits per heavy atom. The number of carbonyl (C=O) groups excluding carboxylic acids is 2. The van der Waals surface area contributed by atoms with Crippen LogP contribution in [0.25, 0.3) is 0 Å². The van der Waals surface area contributed by atoms with Gasteiger partial charge in [-0.05, 0) is 88.7 Å². The third-order valence-corrected chi connectivity index (χ3v) is 8.57. The number of ether oxygens (including phenoxy) is 2. The van der Waals surface area contributed by atoms with Gasteiger partial charge in [0.2, 0.25) is 0 Å². The van der Waals surface area contributed by atoms with Gasteiger partial charge in [0, 0.05) is 0 Å². The molecule has 0 saturated heterocycles. The second kappa shape index (κ2) is 20.2. The van der Waals surface area contributed by atoms with Crippen LogP contribution in [0.4, 0.5) is 13.2 Å². The summed E-state index contributed by atoms with van der Waals surface area (Å²) in [5.74, 6) is 0.357. The topological polar surface area (TPSA) is 52.6 Å². The summed E-state index contributed by atoms with van der Waals surface area (Å²) in [5.41, 5.74) is 1.96. The minimum atomic E-state index is -4.49. The molecule has 0 bridgehead atoms. The van der Waals surface area contributed by atoms with Crippen molar-refractivity contribution in [1.82, 2.24) is 0 Å². The van der Waals surface area contributed by atoms with Gasteiger partial charge in [0.05, 0.1) is 17.4 Å². The quantitative estimate of drug-likeness (QED) is 0.204. The Hall–Kier alpha value is -2.05. The van der Waals surface area contributed by atoms with Crippen LogP contribution >= 0.6 is 0 Å². The molecule has 0 heterocycles. The summed E-state index contributed by atoms with van der Waals surface area (Å²) in [6.07, 6.45) is 0.675. The summed E-state index contributed by atoms with van der Waals surface area (Å²) in [4.78, 5) is 23.0. The van der Waals surface area contributed by atoms with Crippen LogP contribution in [-0.4, -0.2) is 30.8 Å². The highest BCUT2D eigenvalue weighted by molar-refractivity contribution is 5.76. The third kappa shape index (κ3) is 17.4. The molecule has 258 valence electrons. The van der Waals surface area contributed by atoms with Crippen molar-refractivity contribution in [2.45, 2.75) is 165 Å². The van der Waals surface area contributed by atoms with Crippen LogP contribution in [0.2, 0.25) is 0 Å². The number of carbonyl (C=O) groups is 2. The molecule has 7 heteroatoms. The molecule has 0 aliphatic heterocycles. The molecule has 1 rings (SSSR count). The van der Waals surface area contributed by atoms with E-state index in [1.165, 1.54) is 36.8 Å². The lowest BCUT2D eigenvalue weighted by atomic mass is 9.85. The number of hydrogen-bond donors (Lipinski definition) is 0. The van der Waals surface area contributed by atoms with E-state index in [9.17, 15) is 22.8 Å². The Bertz CT molecular complexity index is 928. The molecule has 3 atom stereocenters. The van der Waals surface area contributed by atoms with Gasteiger partial charge in [-0.1, -0.05) is 106 Å². The molecule has 0 fully saturated rings. The SMILES string of the molecule is CCC(C)(C)C(=O)OC(C)C(F)(F)F.CCC(C)c1ccc(C(C)(C)C)cc1.CCCCC(CC)COC(=O)C(C)(C)CC. The summed E-state index contributed by atoms with van der Waals surface area (Å²) in [6.45, 7) is 27.8. The Labute approximate surface area is 268 Å². The molecular weight excluding hydrogens is 565 g/mol. The highest BCUT2D eigenvalue weighted by Crippen LogP contribution is 2.28. The van der Waals surface area contributed by atoms with E-state index in [1.807, 2.05) is 20.8 Å². The molecule has 1 aromatic carbocycles. The van der Waals surface area contributed by atoms with Gasteiger partial charge in [0.1, 0.15) is 0 Å². The van der Waals surface area contributed by atoms with E-state index in [0.717, 1.165) is 19.8 Å². The molecule has 0 aliphatic carbocycles. The van der Waals surface area contributed by atoms with Crippen LogP contribution in [0.1, 0.15) is 159 Å². The summed E-state index contributed by atoms with van der Waals surface area (Å²) in [7, 11) is 0. The zero-order chi connectivity index (χ0) is 34.9. The van der Waals surface area contributed by atoms with Gasteiger partial charge < -0.3 is 9.47 Å². The summed E-state index contributed by atoms with van der Waals surface area (Å²) in [5, 5.41) is 0. The first-order chi connectivity index (χ1) is 20.0. The second-order valence-corrected chi connectivity index (χ2v) is 14.3. The van der Waals surface area contributed by atoms with Crippen LogP contribution in [0, 0.1) is 16.7 Å². The molecule has 4 nitrogen and oxygen atoms in total. The minimum absolute atomic E-state index is 0.0510. The van der Waals surface area contributed by atoms with E-state index < -0.39 is 23.7 Å². The lowest BCUT2D eigenvalue weighted by Gasteiger charge is -2.24. The maximum absolute atomic E-state index is 12.0. The molecule has 0 saturated carbocycles. The highest BCUT2D eigenvalue weighted by atomic mass is 19.4. The number of halogens is 3. The minimum Gasteiger partial charge on any atom is -0.465 e. The average molecular weight is 631 g/mol. The summed E-state index contributed by atoms with van der Waals surface area (Å²) in [6, 6.07) is 9.08. The van der Waals surface area contributed by atoms with Crippen molar-refractivity contribution >= 4 is 11.9 Å². The van der Waals surface area contributed by atoms with Crippen molar-refractivity contribution in [3.63, 3.8) is 0 Å². The van der Waals surface area contributed by atoms with Crippen LogP contribution in [0.3, 0.4) is 0 Å². The maximum Gasteiger partial charge on any atom is 0.425 e. The van der Waals surface area contributed by atoms with E-state index in [0.29, 0.717) is 24.9 Å². The first-order valence-corrected chi connectivity index (χ1v) is 16.6. The van der Waals surface area contributed by atoms with Crippen molar-refractivity contribution in [2.24, 2.45) is 16.7 Å². The third-order valence-electron chi connectivity index (χ3n) is 8.57. The van der Waals surface area contributed by atoms with Gasteiger partial charge in [-0.15, -0.1) is 0 Å². The largest absolute Gasteiger partial charge is 0.465 e. The summed E-state index contributed by atoms with van der Waals surface area (Å²) < 4.78 is 45.8. The van der Waals surface area contributed by atoms with Crippen molar-refractivity contribution in [1.29, 1.82) is 0 Å². The van der Waals surface area contributed by atoms with Crippen molar-refractivity contribution in [2.75, 3.05) is 6.61 Å². The zero-order valence-corrected chi connectivity index (χ0v) is 30.5. The van der Waals surface area contributed by atoms with E-state index in [1.54, 1.807) is 20.8 Å². The Balaban J connectivity index is 0. The normalized spacial score (nSPS) is 14.2. The molecule has 1 aromatic rings. The number of hydrogen-bond acceptors (Lipinski definition) is 4. The Morgan fingerprint density at radius 3 is 1.59 bits per heavy atom. The monoisotopic (exact) mass is 630 g/mol. The molecule has 3 unspecified atom stereocenters. The van der Waals surface area contributed by atoms with Gasteiger partial charge in [0.25, 0.3) is 0 Å². The van der Waals surface area contributed by atoms with Crippen LogP contribution in [-0.2, 0) is 24.5 Å². The lowest BCUT2D eigenvalue weighted by Crippen LogP contribution is -2.36. The Morgan fingerprint density at radius 2 is 1.23 bits per heavy atom. The van der Waals surface area contributed by atoms with Gasteiger partial charge in [-0.3, -0.25) is 9.59 Å². The van der Waals surface area contributed by atoms with Gasteiger partial charge in [-0.25, -0.2) is 0 Å². The van der Waals surface area contributed by atoms with Crippen LogP contribution < -0.4 is 0 Å². The zero-order valence-electron chi connectivity index (χ0n) is 30.5. The van der Waals surface area contributed by atoms with Gasteiger partial charge in [0.15, 0.2) is 6.10 Å². The van der Waals surface area contributed by atoms with Crippen molar-refractivity contribution < 1.29 is 32.2 Å². The fourth-order valence-electron chi connectivity index (χ4n) is 3.51. The number of rotatable bonds is 13. The fourth-order valence-corrected chi connectivity index (χ4v) is 3.51. The fraction of sp³-hybridized carbons (Fsp3) is 0.784. The second-order valence-electron chi connectivity index (χ2n) is 14.3. The number of alkyl halides is 3. The van der Waals surface area contributed by atoms with E-state index in [4.69, 9.17) is 4.74 Å². The predicted molar refractivity (Wildman–Crippen MR) is 178 cm³/mol. The number of esters is 2. The molecule has 0 aromatic heterocycles. The molecule has 0 radical (unpaired) electrons. The first-order valence-electron chi connectivity index (χ1n) is 16.6.